The van der Waals surface area contributed by atoms with E-state index in [0.29, 0.717) is 18.4 Å². The molecule has 7 rings (SSSR count). The van der Waals surface area contributed by atoms with E-state index in [2.05, 4.69) is 13.8 Å². The Balaban J connectivity index is 1.46. The lowest BCUT2D eigenvalue weighted by molar-refractivity contribution is -0.380. The highest BCUT2D eigenvalue weighted by atomic mass is 16.7. The second kappa shape index (κ2) is 6.41. The number of carbonyl (C=O) groups is 1. The molecule has 30 heavy (non-hydrogen) atoms. The van der Waals surface area contributed by atoms with Crippen molar-refractivity contribution in [1.29, 1.82) is 0 Å². The fourth-order valence-electron chi connectivity index (χ4n) is 8.20. The molecule has 0 aromatic heterocycles. The van der Waals surface area contributed by atoms with Crippen molar-refractivity contribution in [2.45, 2.75) is 89.4 Å². The average molecular weight is 423 g/mol. The lowest BCUT2D eigenvalue weighted by atomic mass is 9.40. The lowest BCUT2D eigenvalue weighted by Gasteiger charge is -2.69. The smallest absolute Gasteiger partial charge is 0.302 e. The van der Waals surface area contributed by atoms with Crippen LogP contribution in [0, 0.1) is 28.6 Å². The number of hydrogen-bond acceptors (Lipinski definition) is 7. The van der Waals surface area contributed by atoms with Crippen LogP contribution in [-0.2, 0) is 33.2 Å². The number of carbonyl (C=O) groups excluding carboxylic acids is 1. The first kappa shape index (κ1) is 19.9. The number of esters is 1. The molecule has 0 radical (unpaired) electrons. The first-order valence-electron chi connectivity index (χ1n) is 11.6. The minimum Gasteiger partial charge on any atom is -0.462 e. The monoisotopic (exact) mass is 422 g/mol. The zero-order valence-corrected chi connectivity index (χ0v) is 18.4. The van der Waals surface area contributed by atoms with Gasteiger partial charge in [-0.2, -0.15) is 0 Å². The van der Waals surface area contributed by atoms with E-state index in [1.807, 2.05) is 0 Å². The third-order valence-electron chi connectivity index (χ3n) is 9.72. The quantitative estimate of drug-likeness (QED) is 0.511. The molecule has 0 N–H and O–H groups in total. The van der Waals surface area contributed by atoms with E-state index in [1.54, 1.807) is 7.11 Å². The topological polar surface area (TPSA) is 75.8 Å². The Morgan fingerprint density at radius 1 is 1.17 bits per heavy atom. The van der Waals surface area contributed by atoms with Gasteiger partial charge in [-0.3, -0.25) is 4.79 Å². The van der Waals surface area contributed by atoms with Crippen LogP contribution in [0.1, 0.15) is 52.9 Å². The van der Waals surface area contributed by atoms with Crippen LogP contribution in [0.15, 0.2) is 0 Å². The van der Waals surface area contributed by atoms with Gasteiger partial charge in [-0.15, -0.1) is 0 Å². The number of ether oxygens (including phenoxy) is 6. The van der Waals surface area contributed by atoms with Gasteiger partial charge in [0.2, 0.25) is 0 Å². The van der Waals surface area contributed by atoms with Gasteiger partial charge in [-0.25, -0.2) is 0 Å². The molecular weight excluding hydrogens is 388 g/mol. The zero-order valence-electron chi connectivity index (χ0n) is 18.4. The molecule has 7 fully saturated rings. The predicted molar refractivity (Wildman–Crippen MR) is 104 cm³/mol. The van der Waals surface area contributed by atoms with Gasteiger partial charge >= 0.3 is 5.97 Å². The van der Waals surface area contributed by atoms with Crippen molar-refractivity contribution in [1.82, 2.24) is 0 Å². The lowest BCUT2D eigenvalue weighted by Crippen LogP contribution is -2.76. The summed E-state index contributed by atoms with van der Waals surface area (Å²) in [5, 5.41) is 0. The molecule has 5 aliphatic heterocycles. The van der Waals surface area contributed by atoms with Crippen LogP contribution in [-0.4, -0.2) is 62.8 Å². The molecule has 2 bridgehead atoms. The van der Waals surface area contributed by atoms with Crippen LogP contribution in [0.5, 0.6) is 0 Å². The maximum Gasteiger partial charge on any atom is 0.302 e. The van der Waals surface area contributed by atoms with Crippen molar-refractivity contribution >= 4 is 5.97 Å². The van der Waals surface area contributed by atoms with Gasteiger partial charge in [0.15, 0.2) is 12.6 Å². The summed E-state index contributed by atoms with van der Waals surface area (Å²) in [6.45, 7) is 7.68. The molecule has 7 nitrogen and oxygen atoms in total. The van der Waals surface area contributed by atoms with E-state index in [4.69, 9.17) is 28.4 Å². The van der Waals surface area contributed by atoms with E-state index >= 15 is 0 Å². The first-order valence-corrected chi connectivity index (χ1v) is 11.6. The van der Waals surface area contributed by atoms with Gasteiger partial charge in [-0.05, 0) is 37.5 Å². The Morgan fingerprint density at radius 2 is 1.97 bits per heavy atom. The van der Waals surface area contributed by atoms with Crippen molar-refractivity contribution in [3.63, 3.8) is 0 Å². The van der Waals surface area contributed by atoms with E-state index in [-0.39, 0.29) is 47.5 Å². The molecule has 0 amide bonds. The Morgan fingerprint density at radius 3 is 2.63 bits per heavy atom. The van der Waals surface area contributed by atoms with Crippen LogP contribution in [0.25, 0.3) is 0 Å². The third-order valence-corrected chi connectivity index (χ3v) is 9.72. The van der Waals surface area contributed by atoms with E-state index in [0.717, 1.165) is 38.7 Å². The molecule has 0 unspecified atom stereocenters. The minimum absolute atomic E-state index is 0.0671. The number of hydrogen-bond donors (Lipinski definition) is 0. The second-order valence-electron chi connectivity index (χ2n) is 10.8. The number of rotatable bonds is 3. The van der Waals surface area contributed by atoms with Gasteiger partial charge in [0.05, 0.1) is 30.8 Å². The van der Waals surface area contributed by atoms with Crippen LogP contribution in [0.3, 0.4) is 0 Å². The summed E-state index contributed by atoms with van der Waals surface area (Å²) in [6, 6.07) is 0. The maximum atomic E-state index is 12.2. The molecule has 0 aromatic carbocycles. The van der Waals surface area contributed by atoms with Gasteiger partial charge in [0.1, 0.15) is 11.7 Å². The molecule has 11 atom stereocenters. The molecule has 7 aliphatic rings. The highest BCUT2D eigenvalue weighted by Crippen LogP contribution is 2.74. The van der Waals surface area contributed by atoms with Crippen molar-refractivity contribution in [3.8, 4) is 0 Å². The van der Waals surface area contributed by atoms with Crippen LogP contribution < -0.4 is 0 Å². The summed E-state index contributed by atoms with van der Waals surface area (Å²) in [7, 11) is 1.71. The summed E-state index contributed by atoms with van der Waals surface area (Å²) in [6.07, 6.45) is 4.10. The van der Waals surface area contributed by atoms with Gasteiger partial charge in [0.25, 0.3) is 0 Å². The summed E-state index contributed by atoms with van der Waals surface area (Å²) < 4.78 is 37.1. The minimum atomic E-state index is -0.509. The largest absolute Gasteiger partial charge is 0.462 e. The Hall–Kier alpha value is -0.730. The highest BCUT2D eigenvalue weighted by Gasteiger charge is 2.82. The summed E-state index contributed by atoms with van der Waals surface area (Å²) in [5.41, 5.74) is -0.931. The summed E-state index contributed by atoms with van der Waals surface area (Å²) >= 11 is 0. The number of fused-ring (bicyclic) bond motifs is 2. The molecule has 7 heteroatoms. The molecule has 2 aliphatic carbocycles. The molecule has 5 heterocycles. The first-order chi connectivity index (χ1) is 14.3. The molecule has 2 saturated carbocycles. The zero-order chi connectivity index (χ0) is 20.9. The number of epoxide rings is 1. The van der Waals surface area contributed by atoms with Gasteiger partial charge < -0.3 is 28.4 Å². The fourth-order valence-corrected chi connectivity index (χ4v) is 8.20. The molecule has 168 valence electrons. The summed E-state index contributed by atoms with van der Waals surface area (Å²) in [5.74, 6) is 0.792. The molecular formula is C23H34O7. The van der Waals surface area contributed by atoms with Crippen LogP contribution in [0.2, 0.25) is 0 Å². The average Bonchev–Trinajstić information content (AvgIpc) is 3.12. The van der Waals surface area contributed by atoms with Gasteiger partial charge in [0, 0.05) is 31.8 Å². The maximum absolute atomic E-state index is 12.2. The molecule has 5 saturated heterocycles. The Labute approximate surface area is 178 Å². The van der Waals surface area contributed by atoms with Crippen molar-refractivity contribution in [2.75, 3.05) is 20.3 Å². The van der Waals surface area contributed by atoms with Crippen LogP contribution >= 0.6 is 0 Å². The van der Waals surface area contributed by atoms with Crippen molar-refractivity contribution in [2.24, 2.45) is 28.6 Å². The Kier molecular flexibility index (Phi) is 4.26. The normalized spacial score (nSPS) is 58.5. The predicted octanol–water partition coefficient (Wildman–Crippen LogP) is 2.65. The molecule has 2 spiro atoms. The van der Waals surface area contributed by atoms with Gasteiger partial charge in [-0.1, -0.05) is 13.8 Å². The van der Waals surface area contributed by atoms with Crippen LogP contribution in [0.4, 0.5) is 0 Å². The SMILES string of the molecule is CO[C@@H]1O[C@@H]2C[C@@H]3[C@@](C)([C@H]4C[C@H]5CCO[C@H]5O4)[C@H](C)C[C@H](OC(C)=O)[C@]13[C@@]1(CO1)C2. The van der Waals surface area contributed by atoms with E-state index in [9.17, 15) is 4.79 Å². The molecule has 0 aromatic rings. The Bertz CT molecular complexity index is 725. The number of methoxy groups -OCH3 is 1. The van der Waals surface area contributed by atoms with Crippen molar-refractivity contribution < 1.29 is 33.2 Å². The highest BCUT2D eigenvalue weighted by molar-refractivity contribution is 5.66. The second-order valence-corrected chi connectivity index (χ2v) is 10.8. The van der Waals surface area contributed by atoms with Crippen molar-refractivity contribution in [3.05, 3.63) is 0 Å². The fraction of sp³-hybridized carbons (Fsp3) is 0.957. The standard InChI is InChI=1S/C23H34O7/c1-12-7-18(28-13(2)24)23-16(9-15(29-20(23)25-4)10-22(23)11-27-22)21(12,3)17-8-14-5-6-26-19(14)30-17/h12,14-20H,5-11H2,1-4H3/t12-,14-,15-,16-,17-,18+,19+,20-,21+,22+,23+/m1/s1. The van der Waals surface area contributed by atoms with E-state index < -0.39 is 11.7 Å². The van der Waals surface area contributed by atoms with E-state index in [1.165, 1.54) is 6.92 Å². The third kappa shape index (κ3) is 2.31. The summed E-state index contributed by atoms with van der Waals surface area (Å²) in [4.78, 5) is 12.2.